The molecular weight excluding hydrogens is 515 g/mol. The third kappa shape index (κ3) is 5.53. The van der Waals surface area contributed by atoms with Crippen molar-refractivity contribution in [3.8, 4) is 11.1 Å². The maximum atomic E-state index is 12.8. The number of nitrogens with one attached hydrogen (secondary N) is 2. The molecule has 10 heteroatoms. The molecule has 0 fully saturated rings. The third-order valence-corrected chi connectivity index (χ3v) is 6.40. The van der Waals surface area contributed by atoms with Gasteiger partial charge in [0.05, 0.1) is 22.2 Å². The number of carboxylic acid groups (broad SMARTS) is 1. The van der Waals surface area contributed by atoms with Crippen molar-refractivity contribution in [2.75, 3.05) is 11.9 Å². The first-order valence-corrected chi connectivity index (χ1v) is 11.7. The number of ether oxygens (including phenoxy) is 1. The van der Waals surface area contributed by atoms with Gasteiger partial charge in [0.25, 0.3) is 0 Å². The molecule has 0 aliphatic heterocycles. The first-order valence-electron chi connectivity index (χ1n) is 10.5. The highest BCUT2D eigenvalue weighted by Gasteiger charge is 2.30. The molecule has 0 bridgehead atoms. The van der Waals surface area contributed by atoms with Gasteiger partial charge in [0.1, 0.15) is 12.6 Å². The largest absolute Gasteiger partial charge is 0.481 e. The number of hydrogen-bond acceptors (Lipinski definition) is 4. The monoisotopic (exact) mass is 532 g/mol. The lowest BCUT2D eigenvalue weighted by Crippen LogP contribution is -2.45. The number of alkyl carbamates (subject to hydrolysis) is 1. The summed E-state index contributed by atoms with van der Waals surface area (Å²) in [4.78, 5) is 36.7. The van der Waals surface area contributed by atoms with Gasteiger partial charge in [-0.2, -0.15) is 0 Å². The summed E-state index contributed by atoms with van der Waals surface area (Å²) in [5.74, 6) is -2.31. The van der Waals surface area contributed by atoms with Gasteiger partial charge in [0.2, 0.25) is 5.91 Å². The molecule has 3 N–H and O–H groups in total. The summed E-state index contributed by atoms with van der Waals surface area (Å²) >= 11 is 18.1. The number of rotatable bonds is 7. The molecule has 1 unspecified atom stereocenters. The highest BCUT2D eigenvalue weighted by atomic mass is 35.5. The molecule has 180 valence electrons. The molecule has 0 heterocycles. The summed E-state index contributed by atoms with van der Waals surface area (Å²) in [5.41, 5.74) is 4.23. The minimum absolute atomic E-state index is 0.0100. The van der Waals surface area contributed by atoms with E-state index < -0.39 is 30.4 Å². The Labute approximate surface area is 215 Å². The van der Waals surface area contributed by atoms with Crippen molar-refractivity contribution >= 4 is 58.5 Å². The molecule has 3 aromatic rings. The van der Waals surface area contributed by atoms with Crippen molar-refractivity contribution in [3.05, 3.63) is 86.9 Å². The van der Waals surface area contributed by atoms with Gasteiger partial charge < -0.3 is 20.5 Å². The molecule has 0 spiro atoms. The van der Waals surface area contributed by atoms with E-state index >= 15 is 0 Å². The fourth-order valence-electron chi connectivity index (χ4n) is 4.04. The van der Waals surface area contributed by atoms with E-state index in [1.54, 1.807) is 0 Å². The minimum atomic E-state index is -1.44. The highest BCUT2D eigenvalue weighted by molar-refractivity contribution is 6.42. The number of carboxylic acids is 1. The van der Waals surface area contributed by atoms with Gasteiger partial charge in [-0.05, 0) is 34.4 Å². The number of carbonyl (C=O) groups is 3. The van der Waals surface area contributed by atoms with Gasteiger partial charge in [-0.25, -0.2) is 4.79 Å². The Hall–Kier alpha value is -3.26. The number of aliphatic carboxylic acids is 1. The zero-order valence-electron chi connectivity index (χ0n) is 18.1. The minimum Gasteiger partial charge on any atom is -0.481 e. The highest BCUT2D eigenvalue weighted by Crippen LogP contribution is 2.44. The van der Waals surface area contributed by atoms with Gasteiger partial charge in [0, 0.05) is 10.9 Å². The quantitative estimate of drug-likeness (QED) is 0.347. The van der Waals surface area contributed by atoms with E-state index in [2.05, 4.69) is 10.6 Å². The maximum absolute atomic E-state index is 12.8. The molecule has 2 amide bonds. The molecule has 3 aromatic carbocycles. The Bertz CT molecular complexity index is 1250. The van der Waals surface area contributed by atoms with Crippen molar-refractivity contribution in [3.63, 3.8) is 0 Å². The first kappa shape index (κ1) is 24.9. The molecule has 0 saturated carbocycles. The van der Waals surface area contributed by atoms with E-state index in [4.69, 9.17) is 39.5 Å². The second-order valence-corrected chi connectivity index (χ2v) is 9.10. The molecule has 0 radical (unpaired) electrons. The Morgan fingerprint density at radius 3 is 2.00 bits per heavy atom. The second kappa shape index (κ2) is 10.6. The molecular formula is C25H19Cl3N2O5. The second-order valence-electron chi connectivity index (χ2n) is 7.85. The standard InChI is InChI=1S/C25H19Cl3N2O5/c26-13-9-19(27)23(20(28)10-13)30-24(33)21(11-22(31)32)29-25(34)35-12-18-16-7-3-1-5-14(16)15-6-2-4-8-17(15)18/h1-10,18,21H,11-12H2,(H,29,34)(H,30,33)(H,31,32). The van der Waals surface area contributed by atoms with Crippen LogP contribution in [-0.4, -0.2) is 35.7 Å². The number of carbonyl (C=O) groups excluding carboxylic acids is 2. The van der Waals surface area contributed by atoms with Crippen LogP contribution in [0.4, 0.5) is 10.5 Å². The molecule has 1 aliphatic rings. The Balaban J connectivity index is 1.45. The molecule has 0 aromatic heterocycles. The molecule has 0 saturated heterocycles. The van der Waals surface area contributed by atoms with Crippen LogP contribution in [-0.2, 0) is 14.3 Å². The van der Waals surface area contributed by atoms with Crippen molar-refractivity contribution in [1.82, 2.24) is 5.32 Å². The van der Waals surface area contributed by atoms with Crippen LogP contribution in [0.25, 0.3) is 11.1 Å². The fourth-order valence-corrected chi connectivity index (χ4v) is 4.95. The predicted molar refractivity (Wildman–Crippen MR) is 134 cm³/mol. The number of hydrogen-bond donors (Lipinski definition) is 3. The van der Waals surface area contributed by atoms with Crippen LogP contribution in [0.15, 0.2) is 60.7 Å². The van der Waals surface area contributed by atoms with E-state index in [1.807, 2.05) is 48.5 Å². The lowest BCUT2D eigenvalue weighted by molar-refractivity contribution is -0.139. The third-order valence-electron chi connectivity index (χ3n) is 5.59. The molecule has 35 heavy (non-hydrogen) atoms. The zero-order chi connectivity index (χ0) is 25.1. The number of fused-ring (bicyclic) bond motifs is 3. The van der Waals surface area contributed by atoms with Gasteiger partial charge in [-0.1, -0.05) is 83.3 Å². The van der Waals surface area contributed by atoms with Gasteiger partial charge in [0.15, 0.2) is 0 Å². The summed E-state index contributed by atoms with van der Waals surface area (Å²) in [6.07, 6.45) is -1.61. The Morgan fingerprint density at radius 2 is 1.46 bits per heavy atom. The molecule has 1 aliphatic carbocycles. The van der Waals surface area contributed by atoms with Gasteiger partial charge >= 0.3 is 12.1 Å². The first-order chi connectivity index (χ1) is 16.7. The summed E-state index contributed by atoms with van der Waals surface area (Å²) in [6.45, 7) is 0.0100. The van der Waals surface area contributed by atoms with Crippen LogP contribution in [0.1, 0.15) is 23.5 Å². The smallest absolute Gasteiger partial charge is 0.407 e. The average Bonchev–Trinajstić information content (AvgIpc) is 3.13. The van der Waals surface area contributed by atoms with Crippen LogP contribution in [0.5, 0.6) is 0 Å². The van der Waals surface area contributed by atoms with E-state index in [1.165, 1.54) is 12.1 Å². The van der Waals surface area contributed by atoms with Crippen LogP contribution >= 0.6 is 34.8 Å². The fraction of sp³-hybridized carbons (Fsp3) is 0.160. The van der Waals surface area contributed by atoms with Crippen LogP contribution < -0.4 is 10.6 Å². The van der Waals surface area contributed by atoms with E-state index in [-0.39, 0.29) is 33.3 Å². The normalized spacial score (nSPS) is 12.9. The Morgan fingerprint density at radius 1 is 0.914 bits per heavy atom. The molecule has 4 rings (SSSR count). The predicted octanol–water partition coefficient (Wildman–Crippen LogP) is 5.97. The summed E-state index contributed by atoms with van der Waals surface area (Å²) in [6, 6.07) is 17.0. The number of halogens is 3. The van der Waals surface area contributed by atoms with Crippen molar-refractivity contribution in [2.24, 2.45) is 0 Å². The topological polar surface area (TPSA) is 105 Å². The van der Waals surface area contributed by atoms with Crippen LogP contribution in [0, 0.1) is 0 Å². The summed E-state index contributed by atoms with van der Waals surface area (Å²) in [7, 11) is 0. The lowest BCUT2D eigenvalue weighted by atomic mass is 9.98. The zero-order valence-corrected chi connectivity index (χ0v) is 20.3. The van der Waals surface area contributed by atoms with E-state index in [0.717, 1.165) is 22.3 Å². The van der Waals surface area contributed by atoms with Gasteiger partial charge in [-0.15, -0.1) is 0 Å². The SMILES string of the molecule is O=C(O)CC(NC(=O)OCC1c2ccccc2-c2ccccc21)C(=O)Nc1c(Cl)cc(Cl)cc1Cl. The van der Waals surface area contributed by atoms with Crippen molar-refractivity contribution in [2.45, 2.75) is 18.4 Å². The van der Waals surface area contributed by atoms with Crippen LogP contribution in [0.2, 0.25) is 15.1 Å². The molecule has 7 nitrogen and oxygen atoms in total. The van der Waals surface area contributed by atoms with E-state index in [9.17, 15) is 19.5 Å². The van der Waals surface area contributed by atoms with Crippen LogP contribution in [0.3, 0.4) is 0 Å². The number of anilines is 1. The lowest BCUT2D eigenvalue weighted by Gasteiger charge is -2.19. The van der Waals surface area contributed by atoms with Crippen molar-refractivity contribution in [1.29, 1.82) is 0 Å². The average molecular weight is 534 g/mol. The Kier molecular flexibility index (Phi) is 7.50. The van der Waals surface area contributed by atoms with Gasteiger partial charge in [-0.3, -0.25) is 9.59 Å². The van der Waals surface area contributed by atoms with E-state index in [0.29, 0.717) is 0 Å². The number of amides is 2. The van der Waals surface area contributed by atoms with Crippen molar-refractivity contribution < 1.29 is 24.2 Å². The summed E-state index contributed by atoms with van der Waals surface area (Å²) < 4.78 is 5.42. The maximum Gasteiger partial charge on any atom is 0.407 e. The summed E-state index contributed by atoms with van der Waals surface area (Å²) in [5, 5.41) is 14.4. The number of benzene rings is 3. The molecule has 1 atom stereocenters.